The Labute approximate surface area is 197 Å². The Hall–Kier alpha value is -3.34. The standard InChI is InChI=1S/C24H23NO4.ClHO4/c1-15-10-16(2)24-19(25-14-18-6-5-9-28-18)13-21(29-23(24)11-15)17-7-8-20(26-3)22(12-17)27-4;2-1(3,4)5/h5-13H,14H2,1-4H3;(H,2,3,4,5). The Morgan fingerprint density at radius 1 is 0.912 bits per heavy atom. The number of furan rings is 1. The zero-order chi connectivity index (χ0) is 24.9. The molecule has 10 heteroatoms. The van der Waals surface area contributed by atoms with Crippen LogP contribution in [0.25, 0.3) is 22.3 Å². The lowest BCUT2D eigenvalue weighted by Gasteiger charge is -2.17. The second-order valence-corrected chi connectivity index (χ2v) is 8.12. The monoisotopic (exact) mass is 489 g/mol. The third-order valence-corrected chi connectivity index (χ3v) is 4.91. The fourth-order valence-electron chi connectivity index (χ4n) is 3.57. The Bertz CT molecular complexity index is 1320. The van der Waals surface area contributed by atoms with Gasteiger partial charge in [0, 0.05) is 5.56 Å². The number of rotatable bonds is 5. The first-order valence-electron chi connectivity index (χ1n) is 10.1. The van der Waals surface area contributed by atoms with Gasteiger partial charge in [0.15, 0.2) is 23.8 Å². The number of hydrogen-bond donors (Lipinski definition) is 1. The van der Waals surface area contributed by atoms with Gasteiger partial charge in [0.1, 0.15) is 11.3 Å². The summed E-state index contributed by atoms with van der Waals surface area (Å²) in [5.74, 6) is 2.95. The molecule has 1 N–H and O–H groups in total. The fourth-order valence-corrected chi connectivity index (χ4v) is 3.57. The lowest BCUT2D eigenvalue weighted by molar-refractivity contribution is -2.00. The first-order chi connectivity index (χ1) is 16.1. The van der Waals surface area contributed by atoms with Crippen molar-refractivity contribution in [3.63, 3.8) is 0 Å². The molecule has 0 spiro atoms. The molecule has 0 atom stereocenters. The smallest absolute Gasteiger partial charge is 0.213 e. The van der Waals surface area contributed by atoms with Crippen LogP contribution in [0.15, 0.2) is 63.6 Å². The highest BCUT2D eigenvalue weighted by atomic mass is 35.7. The van der Waals surface area contributed by atoms with Gasteiger partial charge in [0.2, 0.25) is 5.36 Å². The summed E-state index contributed by atoms with van der Waals surface area (Å²) >= 11 is 0. The summed E-state index contributed by atoms with van der Waals surface area (Å²) in [6, 6.07) is 15.8. The van der Waals surface area contributed by atoms with Crippen molar-refractivity contribution in [2.24, 2.45) is 0 Å². The van der Waals surface area contributed by atoms with Crippen molar-refractivity contribution >= 4 is 11.0 Å². The highest BCUT2D eigenvalue weighted by Gasteiger charge is 2.14. The topological polar surface area (TPSA) is 151 Å². The van der Waals surface area contributed by atoms with Gasteiger partial charge in [-0.15, -0.1) is 10.2 Å². The van der Waals surface area contributed by atoms with Crippen LogP contribution in [0.1, 0.15) is 16.9 Å². The third-order valence-electron chi connectivity index (χ3n) is 4.91. The first kappa shape index (κ1) is 25.3. The molecule has 34 heavy (non-hydrogen) atoms. The zero-order valence-electron chi connectivity index (χ0n) is 19.0. The van der Waals surface area contributed by atoms with Gasteiger partial charge in [-0.1, -0.05) is 6.07 Å². The largest absolute Gasteiger partial charge is 0.493 e. The molecule has 0 bridgehead atoms. The molecule has 0 radical (unpaired) electrons. The van der Waals surface area contributed by atoms with Gasteiger partial charge in [-0.3, -0.25) is 0 Å². The third kappa shape index (κ3) is 6.60. The summed E-state index contributed by atoms with van der Waals surface area (Å²) in [6.07, 6.45) is 1.68. The van der Waals surface area contributed by atoms with Crippen LogP contribution in [0.5, 0.6) is 11.5 Å². The molecule has 0 unspecified atom stereocenters. The minimum absolute atomic E-state index is 0.588. The second-order valence-electron chi connectivity index (χ2n) is 7.36. The Balaban J connectivity index is 0.000000588. The van der Waals surface area contributed by atoms with E-state index in [0.717, 1.165) is 44.5 Å². The molecule has 0 amide bonds. The van der Waals surface area contributed by atoms with E-state index in [0.29, 0.717) is 18.0 Å². The van der Waals surface area contributed by atoms with Gasteiger partial charge in [-0.05, 0) is 61.4 Å². The van der Waals surface area contributed by atoms with Crippen molar-refractivity contribution in [2.45, 2.75) is 20.4 Å². The fraction of sp³-hybridized carbons (Fsp3) is 0.208. The van der Waals surface area contributed by atoms with Gasteiger partial charge in [0.25, 0.3) is 0 Å². The van der Waals surface area contributed by atoms with Crippen molar-refractivity contribution < 1.29 is 52.2 Å². The summed E-state index contributed by atoms with van der Waals surface area (Å²) < 4.78 is 56.6. The molecule has 0 aliphatic rings. The van der Waals surface area contributed by atoms with Gasteiger partial charge < -0.3 is 18.3 Å². The van der Waals surface area contributed by atoms with Crippen LogP contribution in [0.4, 0.5) is 0 Å². The summed E-state index contributed by atoms with van der Waals surface area (Å²) in [5.41, 5.74) is 4.05. The van der Waals surface area contributed by atoms with Crippen molar-refractivity contribution in [1.82, 2.24) is 0 Å². The number of methoxy groups -OCH3 is 2. The SMILES string of the molecule is COc1ccc(-c2cc(=[NH+]Cc3ccco3)c3c(C)cc(C)cc3o2)cc1OC.[O-][Cl+3]([O-])([O-])[O-]. The molecule has 180 valence electrons. The quantitative estimate of drug-likeness (QED) is 0.365. The van der Waals surface area contributed by atoms with Crippen LogP contribution in [-0.2, 0) is 6.54 Å². The summed E-state index contributed by atoms with van der Waals surface area (Å²) in [6.45, 7) is 4.75. The van der Waals surface area contributed by atoms with Crippen LogP contribution >= 0.6 is 0 Å². The predicted octanol–water partition coefficient (Wildman–Crippen LogP) is -1.25. The van der Waals surface area contributed by atoms with Gasteiger partial charge >= 0.3 is 0 Å². The number of aryl methyl sites for hydroxylation is 2. The van der Waals surface area contributed by atoms with Crippen molar-refractivity contribution in [3.05, 3.63) is 77.0 Å². The van der Waals surface area contributed by atoms with Crippen LogP contribution in [0.2, 0.25) is 0 Å². The molecule has 0 saturated carbocycles. The number of nitrogens with one attached hydrogen (secondary N) is 1. The van der Waals surface area contributed by atoms with Crippen LogP contribution in [0.3, 0.4) is 0 Å². The maximum Gasteiger partial charge on any atom is 0.213 e. The highest BCUT2D eigenvalue weighted by molar-refractivity contribution is 5.82. The zero-order valence-corrected chi connectivity index (χ0v) is 19.8. The molecule has 9 nitrogen and oxygen atoms in total. The molecule has 0 saturated heterocycles. The minimum Gasteiger partial charge on any atom is -0.493 e. The van der Waals surface area contributed by atoms with Crippen LogP contribution < -0.4 is 38.5 Å². The number of halogens is 1. The molecule has 0 aliphatic carbocycles. The molecule has 0 fully saturated rings. The summed E-state index contributed by atoms with van der Waals surface area (Å²) in [4.78, 5) is 3.50. The van der Waals surface area contributed by atoms with Crippen LogP contribution in [-0.4, -0.2) is 14.2 Å². The van der Waals surface area contributed by atoms with E-state index in [1.807, 2.05) is 36.4 Å². The van der Waals surface area contributed by atoms with E-state index in [1.165, 1.54) is 0 Å². The molecular weight excluding hydrogens is 466 g/mol. The molecule has 2 heterocycles. The van der Waals surface area contributed by atoms with E-state index in [4.69, 9.17) is 36.9 Å². The lowest BCUT2D eigenvalue weighted by atomic mass is 10.0. The highest BCUT2D eigenvalue weighted by Crippen LogP contribution is 2.33. The molecule has 4 aromatic rings. The van der Waals surface area contributed by atoms with Crippen molar-refractivity contribution in [2.75, 3.05) is 14.2 Å². The number of fused-ring (bicyclic) bond motifs is 1. The van der Waals surface area contributed by atoms with Gasteiger partial charge in [0.05, 0.1) is 31.9 Å². The van der Waals surface area contributed by atoms with Gasteiger partial charge in [-0.25, -0.2) is 23.6 Å². The van der Waals surface area contributed by atoms with E-state index in [-0.39, 0.29) is 0 Å². The molecule has 2 aromatic heterocycles. The molecule has 0 aliphatic heterocycles. The molecule has 4 rings (SSSR count). The van der Waals surface area contributed by atoms with E-state index >= 15 is 0 Å². The summed E-state index contributed by atoms with van der Waals surface area (Å²) in [7, 11) is -1.69. The Morgan fingerprint density at radius 2 is 1.62 bits per heavy atom. The maximum absolute atomic E-state index is 8.49. The Kier molecular flexibility index (Phi) is 7.98. The number of hydrogen-bond acceptors (Lipinski definition) is 8. The first-order valence-corrected chi connectivity index (χ1v) is 11.3. The molecule has 2 aromatic carbocycles. The van der Waals surface area contributed by atoms with E-state index < -0.39 is 10.2 Å². The maximum atomic E-state index is 8.49. The van der Waals surface area contributed by atoms with E-state index in [9.17, 15) is 0 Å². The van der Waals surface area contributed by atoms with E-state index in [2.05, 4.69) is 31.0 Å². The van der Waals surface area contributed by atoms with E-state index in [1.54, 1.807) is 20.5 Å². The number of ether oxygens (including phenoxy) is 2. The predicted molar refractivity (Wildman–Crippen MR) is 111 cm³/mol. The average Bonchev–Trinajstić information content (AvgIpc) is 3.29. The molecular formula is C24H24ClNO8. The van der Waals surface area contributed by atoms with Gasteiger partial charge in [-0.2, -0.15) is 0 Å². The summed E-state index contributed by atoms with van der Waals surface area (Å²) in [5, 5.41) is 2.05. The lowest BCUT2D eigenvalue weighted by Crippen LogP contribution is -2.75. The average molecular weight is 490 g/mol. The number of benzene rings is 2. The van der Waals surface area contributed by atoms with Crippen molar-refractivity contribution in [1.29, 1.82) is 0 Å². The minimum atomic E-state index is -4.94. The van der Waals surface area contributed by atoms with Crippen LogP contribution in [0, 0.1) is 24.1 Å². The second kappa shape index (κ2) is 10.7. The Morgan fingerprint density at radius 3 is 2.24 bits per heavy atom. The van der Waals surface area contributed by atoms with Crippen molar-refractivity contribution in [3.8, 4) is 22.8 Å². The normalized spacial score (nSPS) is 11.8.